The van der Waals surface area contributed by atoms with E-state index in [1.807, 2.05) is 4.72 Å². The first-order valence-corrected chi connectivity index (χ1v) is 6.28. The quantitative estimate of drug-likeness (QED) is 0.713. The van der Waals surface area contributed by atoms with Crippen LogP contribution in [0.1, 0.15) is 10.4 Å². The van der Waals surface area contributed by atoms with Crippen LogP contribution < -0.4 is 4.72 Å². The van der Waals surface area contributed by atoms with Gasteiger partial charge in [-0.05, 0) is 18.2 Å². The lowest BCUT2D eigenvalue weighted by Crippen LogP contribution is -2.16. The van der Waals surface area contributed by atoms with Gasteiger partial charge in [-0.1, -0.05) is 0 Å². The van der Waals surface area contributed by atoms with Gasteiger partial charge < -0.3 is 5.11 Å². The molecule has 0 atom stereocenters. The van der Waals surface area contributed by atoms with Gasteiger partial charge in [-0.2, -0.15) is 12.6 Å². The van der Waals surface area contributed by atoms with Gasteiger partial charge in [-0.15, -0.1) is 0 Å². The molecule has 88 valence electrons. The van der Waals surface area contributed by atoms with E-state index >= 15 is 0 Å². The Morgan fingerprint density at radius 2 is 2.12 bits per heavy atom. The van der Waals surface area contributed by atoms with Gasteiger partial charge >= 0.3 is 5.97 Å². The minimum absolute atomic E-state index is 0.318. The van der Waals surface area contributed by atoms with Gasteiger partial charge in [-0.3, -0.25) is 4.72 Å². The first kappa shape index (κ1) is 12.8. The van der Waals surface area contributed by atoms with Gasteiger partial charge in [0.2, 0.25) is 10.0 Å². The monoisotopic (exact) mass is 265 g/mol. The summed E-state index contributed by atoms with van der Waals surface area (Å²) in [6, 6.07) is 2.71. The molecule has 0 saturated carbocycles. The first-order valence-electron chi connectivity index (χ1n) is 4.00. The number of nitrogens with one attached hydrogen (secondary N) is 1. The van der Waals surface area contributed by atoms with Crippen LogP contribution >= 0.6 is 12.6 Å². The van der Waals surface area contributed by atoms with Gasteiger partial charge in [0.05, 0.1) is 11.3 Å². The number of benzene rings is 1. The van der Waals surface area contributed by atoms with Crippen molar-refractivity contribution in [2.24, 2.45) is 0 Å². The number of sulfonamides is 1. The molecule has 0 bridgehead atoms. The largest absolute Gasteiger partial charge is 0.478 e. The summed E-state index contributed by atoms with van der Waals surface area (Å²) >= 11 is 3.55. The van der Waals surface area contributed by atoms with Crippen LogP contribution in [0.3, 0.4) is 0 Å². The van der Waals surface area contributed by atoms with Crippen molar-refractivity contribution in [2.45, 2.75) is 0 Å². The van der Waals surface area contributed by atoms with Crippen LogP contribution in [-0.4, -0.2) is 24.6 Å². The van der Waals surface area contributed by atoms with Crippen molar-refractivity contribution < 1.29 is 22.7 Å². The molecular weight excluding hydrogens is 257 g/mol. The lowest BCUT2D eigenvalue weighted by atomic mass is 10.2. The van der Waals surface area contributed by atoms with Gasteiger partial charge in [0.25, 0.3) is 0 Å². The Hall–Kier alpha value is -1.28. The summed E-state index contributed by atoms with van der Waals surface area (Å²) in [4.78, 5) is 10.7. The standard InChI is InChI=1S/C8H8FNO4S2/c9-5-1-2-6(8(11)12)7(3-5)10-16(13,14)4-15/h1-3,10,15H,4H2,(H,11,12). The molecule has 0 amide bonds. The van der Waals surface area contributed by atoms with E-state index in [0.29, 0.717) is 0 Å². The minimum Gasteiger partial charge on any atom is -0.478 e. The summed E-state index contributed by atoms with van der Waals surface area (Å²) in [5, 5.41) is 8.22. The molecule has 0 aromatic heterocycles. The van der Waals surface area contributed by atoms with E-state index in [2.05, 4.69) is 12.6 Å². The van der Waals surface area contributed by atoms with Crippen LogP contribution in [0, 0.1) is 5.82 Å². The Labute approximate surface area is 96.7 Å². The van der Waals surface area contributed by atoms with Crippen molar-refractivity contribution in [1.82, 2.24) is 0 Å². The fourth-order valence-electron chi connectivity index (χ4n) is 0.987. The molecule has 1 aromatic carbocycles. The third-order valence-electron chi connectivity index (χ3n) is 1.65. The van der Waals surface area contributed by atoms with E-state index in [9.17, 15) is 17.6 Å². The van der Waals surface area contributed by atoms with Gasteiger partial charge in [0.1, 0.15) is 10.9 Å². The Bertz CT molecular complexity index is 515. The summed E-state index contributed by atoms with van der Waals surface area (Å²) in [7, 11) is -3.76. The summed E-state index contributed by atoms with van der Waals surface area (Å²) in [6.07, 6.45) is 0. The fraction of sp³-hybridized carbons (Fsp3) is 0.125. The highest BCUT2D eigenvalue weighted by Crippen LogP contribution is 2.18. The summed E-state index contributed by atoms with van der Waals surface area (Å²) in [6.45, 7) is 0. The average molecular weight is 265 g/mol. The van der Waals surface area contributed by atoms with Crippen LogP contribution in [0.4, 0.5) is 10.1 Å². The maximum Gasteiger partial charge on any atom is 0.337 e. The molecule has 0 heterocycles. The zero-order valence-corrected chi connectivity index (χ0v) is 9.56. The topological polar surface area (TPSA) is 83.5 Å². The second-order valence-electron chi connectivity index (χ2n) is 2.84. The van der Waals surface area contributed by atoms with E-state index in [-0.39, 0.29) is 11.3 Å². The van der Waals surface area contributed by atoms with E-state index < -0.39 is 26.9 Å². The summed E-state index contributed by atoms with van der Waals surface area (Å²) < 4.78 is 37.1. The zero-order valence-electron chi connectivity index (χ0n) is 7.84. The second kappa shape index (κ2) is 4.71. The molecule has 8 heteroatoms. The number of carbonyl (C=O) groups is 1. The molecule has 2 N–H and O–H groups in total. The fourth-order valence-corrected chi connectivity index (χ4v) is 1.75. The van der Waals surface area contributed by atoms with Gasteiger partial charge in [-0.25, -0.2) is 17.6 Å². The molecule has 0 unspecified atom stereocenters. The maximum atomic E-state index is 12.8. The van der Waals surface area contributed by atoms with Crippen molar-refractivity contribution in [1.29, 1.82) is 0 Å². The SMILES string of the molecule is O=C(O)c1ccc(F)cc1NS(=O)(=O)CS. The molecule has 0 fully saturated rings. The zero-order chi connectivity index (χ0) is 12.3. The normalized spacial score (nSPS) is 11.1. The summed E-state index contributed by atoms with van der Waals surface area (Å²) in [5.41, 5.74) is -0.645. The molecular formula is C8H8FNO4S2. The highest BCUT2D eigenvalue weighted by Gasteiger charge is 2.15. The highest BCUT2D eigenvalue weighted by atomic mass is 32.3. The van der Waals surface area contributed by atoms with Crippen LogP contribution in [-0.2, 0) is 10.0 Å². The number of carboxylic acids is 1. The number of hydrogen-bond acceptors (Lipinski definition) is 4. The molecule has 0 saturated heterocycles. The number of thiol groups is 1. The smallest absolute Gasteiger partial charge is 0.337 e. The molecule has 1 rings (SSSR count). The molecule has 0 radical (unpaired) electrons. The Balaban J connectivity index is 3.21. The van der Waals surface area contributed by atoms with Crippen molar-refractivity contribution in [3.05, 3.63) is 29.6 Å². The molecule has 1 aromatic rings. The second-order valence-corrected chi connectivity index (χ2v) is 5.31. The van der Waals surface area contributed by atoms with Crippen LogP contribution in [0.15, 0.2) is 18.2 Å². The van der Waals surface area contributed by atoms with Crippen LogP contribution in [0.25, 0.3) is 0 Å². The number of halogens is 1. The predicted molar refractivity (Wildman–Crippen MR) is 59.8 cm³/mol. The minimum atomic E-state index is -3.76. The number of rotatable bonds is 4. The molecule has 0 aliphatic rings. The highest BCUT2D eigenvalue weighted by molar-refractivity contribution is 8.04. The first-order chi connectivity index (χ1) is 7.35. The molecule has 5 nitrogen and oxygen atoms in total. The molecule has 0 spiro atoms. The van der Waals surface area contributed by atoms with Crippen molar-refractivity contribution in [3.63, 3.8) is 0 Å². The maximum absolute atomic E-state index is 12.8. The number of aromatic carboxylic acids is 1. The van der Waals surface area contributed by atoms with Crippen LogP contribution in [0.2, 0.25) is 0 Å². The molecule has 0 aliphatic heterocycles. The predicted octanol–water partition coefficient (Wildman–Crippen LogP) is 1.15. The average Bonchev–Trinajstić information content (AvgIpc) is 2.16. The van der Waals surface area contributed by atoms with Crippen LogP contribution in [0.5, 0.6) is 0 Å². The number of anilines is 1. The third kappa shape index (κ3) is 3.11. The summed E-state index contributed by atoms with van der Waals surface area (Å²) in [5.74, 6) is -2.08. The lowest BCUT2D eigenvalue weighted by Gasteiger charge is -2.08. The third-order valence-corrected chi connectivity index (χ3v) is 3.54. The van der Waals surface area contributed by atoms with Crippen molar-refractivity contribution >= 4 is 34.3 Å². The Kier molecular flexibility index (Phi) is 3.76. The van der Waals surface area contributed by atoms with Crippen molar-refractivity contribution in [2.75, 3.05) is 9.81 Å². The number of carboxylic acid groups (broad SMARTS) is 1. The van der Waals surface area contributed by atoms with E-state index in [0.717, 1.165) is 18.2 Å². The number of hydrogen-bond donors (Lipinski definition) is 3. The Morgan fingerprint density at radius 3 is 2.62 bits per heavy atom. The Morgan fingerprint density at radius 1 is 1.50 bits per heavy atom. The van der Waals surface area contributed by atoms with Crippen molar-refractivity contribution in [3.8, 4) is 0 Å². The van der Waals surface area contributed by atoms with E-state index in [1.165, 1.54) is 0 Å². The van der Waals surface area contributed by atoms with Gasteiger partial charge in [0.15, 0.2) is 0 Å². The van der Waals surface area contributed by atoms with Gasteiger partial charge in [0, 0.05) is 0 Å². The van der Waals surface area contributed by atoms with E-state index in [4.69, 9.17) is 5.11 Å². The molecule has 16 heavy (non-hydrogen) atoms. The van der Waals surface area contributed by atoms with E-state index in [1.54, 1.807) is 0 Å². The lowest BCUT2D eigenvalue weighted by molar-refractivity contribution is 0.0698. The molecule has 0 aliphatic carbocycles.